The van der Waals surface area contributed by atoms with Crippen LogP contribution in [0.5, 0.6) is 0 Å². The molecule has 0 spiro atoms. The van der Waals surface area contributed by atoms with Crippen molar-refractivity contribution >= 4 is 0 Å². The van der Waals surface area contributed by atoms with E-state index in [1.807, 2.05) is 0 Å². The molecule has 1 heterocycles. The Bertz CT molecular complexity index is 62.8. The summed E-state index contributed by atoms with van der Waals surface area (Å²) in [5.41, 5.74) is 0. The third-order valence-corrected chi connectivity index (χ3v) is 1.84. The lowest BCUT2D eigenvalue weighted by Crippen LogP contribution is -2.38. The Morgan fingerprint density at radius 2 is 1.62 bits per heavy atom. The smallest absolute Gasteiger partial charge is 0.00412 e. The van der Waals surface area contributed by atoms with Gasteiger partial charge in [-0.05, 0) is 26.7 Å². The minimum Gasteiger partial charge on any atom is -0.312 e. The molecule has 1 aliphatic rings. The maximum Gasteiger partial charge on any atom is 0.00412 e. The molecule has 0 aromatic heterocycles. The van der Waals surface area contributed by atoms with E-state index >= 15 is 0 Å². The van der Waals surface area contributed by atoms with Crippen molar-refractivity contribution < 1.29 is 0 Å². The highest BCUT2D eigenvalue weighted by Gasteiger charge is 2.11. The topological polar surface area (TPSA) is 12.0 Å². The van der Waals surface area contributed by atoms with Crippen molar-refractivity contribution in [3.63, 3.8) is 0 Å². The molecule has 0 amide bonds. The molecule has 0 bridgehead atoms. The van der Waals surface area contributed by atoms with Crippen molar-refractivity contribution in [3.05, 3.63) is 0 Å². The van der Waals surface area contributed by atoms with Gasteiger partial charge in [0.2, 0.25) is 0 Å². The molecule has 1 nitrogen and oxygen atoms in total. The molecule has 1 heteroatoms. The number of piperidine rings is 1. The molecule has 0 saturated carbocycles. The van der Waals surface area contributed by atoms with Crippen molar-refractivity contribution in [3.8, 4) is 0 Å². The Balaban J connectivity index is 2.23. The van der Waals surface area contributed by atoms with Crippen LogP contribution < -0.4 is 5.32 Å². The summed E-state index contributed by atoms with van der Waals surface area (Å²) in [5.74, 6) is 0. The molecule has 0 radical (unpaired) electrons. The van der Waals surface area contributed by atoms with Crippen LogP contribution in [-0.4, -0.2) is 12.1 Å². The second-order valence-corrected chi connectivity index (χ2v) is 2.90. The van der Waals surface area contributed by atoms with E-state index in [0.717, 1.165) is 12.1 Å². The van der Waals surface area contributed by atoms with Gasteiger partial charge in [-0.2, -0.15) is 0 Å². The highest BCUT2D eigenvalue weighted by molar-refractivity contribution is 4.73. The van der Waals surface area contributed by atoms with E-state index in [1.165, 1.54) is 19.3 Å². The summed E-state index contributed by atoms with van der Waals surface area (Å²) in [6.45, 7) is 4.52. The van der Waals surface area contributed by atoms with Gasteiger partial charge in [-0.15, -0.1) is 0 Å². The molecular formula is C7H15N. The first kappa shape index (κ1) is 6.09. The first-order chi connectivity index (χ1) is 3.79. The first-order valence-electron chi connectivity index (χ1n) is 3.55. The zero-order valence-electron chi connectivity index (χ0n) is 5.78. The first-order valence-corrected chi connectivity index (χ1v) is 3.55. The number of hydrogen-bond donors (Lipinski definition) is 1. The standard InChI is InChI=1S/C7H15N/c1-6-4-3-5-7(2)8-6/h6-8H,3-5H2,1-2H3/t6-,7+/i1+1,2+1. The molecule has 1 aliphatic heterocycles. The number of nitrogens with one attached hydrogen (secondary N) is 1. The SMILES string of the molecule is [13CH3][C@@H]1CCC[C@H]([13CH3])N1. The van der Waals surface area contributed by atoms with E-state index in [9.17, 15) is 0 Å². The highest BCUT2D eigenvalue weighted by atomic mass is 15.0. The van der Waals surface area contributed by atoms with Gasteiger partial charge in [-0.3, -0.25) is 0 Å². The highest BCUT2D eigenvalue weighted by Crippen LogP contribution is 2.10. The van der Waals surface area contributed by atoms with Crippen LogP contribution in [0.2, 0.25) is 0 Å². The molecular weight excluding hydrogens is 100 g/mol. The fraction of sp³-hybridized carbons (Fsp3) is 1.00. The summed E-state index contributed by atoms with van der Waals surface area (Å²) in [6, 6.07) is 1.53. The van der Waals surface area contributed by atoms with Gasteiger partial charge in [-0.1, -0.05) is 6.42 Å². The summed E-state index contributed by atoms with van der Waals surface area (Å²) in [4.78, 5) is 0. The van der Waals surface area contributed by atoms with E-state index in [1.54, 1.807) is 0 Å². The van der Waals surface area contributed by atoms with Gasteiger partial charge >= 0.3 is 0 Å². The Labute approximate surface area is 51.5 Å². The molecule has 0 aromatic rings. The van der Waals surface area contributed by atoms with Gasteiger partial charge in [0.15, 0.2) is 0 Å². The van der Waals surface area contributed by atoms with Crippen molar-refractivity contribution in [1.29, 1.82) is 0 Å². The molecule has 0 aromatic carbocycles. The Kier molecular flexibility index (Phi) is 1.90. The minimum atomic E-state index is 0.763. The van der Waals surface area contributed by atoms with Crippen molar-refractivity contribution in [2.45, 2.75) is 45.2 Å². The summed E-state index contributed by atoms with van der Waals surface area (Å²) >= 11 is 0. The summed E-state index contributed by atoms with van der Waals surface area (Å²) in [6.07, 6.45) is 4.14. The molecule has 1 saturated heterocycles. The van der Waals surface area contributed by atoms with E-state index < -0.39 is 0 Å². The van der Waals surface area contributed by atoms with E-state index in [0.29, 0.717) is 0 Å². The molecule has 1 rings (SSSR count). The van der Waals surface area contributed by atoms with Crippen LogP contribution in [0.15, 0.2) is 0 Å². The van der Waals surface area contributed by atoms with E-state index in [4.69, 9.17) is 0 Å². The van der Waals surface area contributed by atoms with Gasteiger partial charge in [-0.25, -0.2) is 0 Å². The van der Waals surface area contributed by atoms with Crippen LogP contribution >= 0.6 is 0 Å². The third-order valence-electron chi connectivity index (χ3n) is 1.84. The van der Waals surface area contributed by atoms with Crippen LogP contribution in [0, 0.1) is 0 Å². The largest absolute Gasteiger partial charge is 0.312 e. The molecule has 1 N–H and O–H groups in total. The molecule has 1 fully saturated rings. The number of hydrogen-bond acceptors (Lipinski definition) is 1. The second-order valence-electron chi connectivity index (χ2n) is 2.90. The fourth-order valence-corrected chi connectivity index (χ4v) is 1.38. The molecule has 48 valence electrons. The lowest BCUT2D eigenvalue weighted by Gasteiger charge is -2.25. The lowest BCUT2D eigenvalue weighted by molar-refractivity contribution is 0.352. The normalized spacial score (nSPS) is 39.8. The van der Waals surface area contributed by atoms with Crippen LogP contribution in [0.3, 0.4) is 0 Å². The van der Waals surface area contributed by atoms with Gasteiger partial charge in [0, 0.05) is 12.1 Å². The summed E-state index contributed by atoms with van der Waals surface area (Å²) < 4.78 is 0. The van der Waals surface area contributed by atoms with Crippen molar-refractivity contribution in [2.75, 3.05) is 0 Å². The fourth-order valence-electron chi connectivity index (χ4n) is 1.38. The lowest BCUT2D eigenvalue weighted by atomic mass is 10.1. The van der Waals surface area contributed by atoms with Crippen LogP contribution in [0.25, 0.3) is 0 Å². The Hall–Kier alpha value is -0.0400. The Morgan fingerprint density at radius 1 is 1.12 bits per heavy atom. The molecule has 0 aliphatic carbocycles. The van der Waals surface area contributed by atoms with Gasteiger partial charge in [0.25, 0.3) is 0 Å². The van der Waals surface area contributed by atoms with Crippen LogP contribution in [0.4, 0.5) is 0 Å². The zero-order chi connectivity index (χ0) is 5.98. The summed E-state index contributed by atoms with van der Waals surface area (Å²) in [7, 11) is 0. The maximum absolute atomic E-state index is 3.48. The zero-order valence-corrected chi connectivity index (χ0v) is 5.78. The van der Waals surface area contributed by atoms with Gasteiger partial charge < -0.3 is 5.32 Å². The van der Waals surface area contributed by atoms with Crippen LogP contribution in [-0.2, 0) is 0 Å². The average Bonchev–Trinajstić information content (AvgIpc) is 1.64. The number of rotatable bonds is 0. The predicted octanol–water partition coefficient (Wildman–Crippen LogP) is 1.54. The van der Waals surface area contributed by atoms with Gasteiger partial charge in [0.1, 0.15) is 0 Å². The average molecular weight is 115 g/mol. The van der Waals surface area contributed by atoms with Crippen LogP contribution in [0.1, 0.15) is 33.1 Å². The van der Waals surface area contributed by atoms with E-state index in [-0.39, 0.29) is 0 Å². The maximum atomic E-state index is 3.48. The molecule has 2 atom stereocenters. The van der Waals surface area contributed by atoms with Crippen molar-refractivity contribution in [2.24, 2.45) is 0 Å². The third kappa shape index (κ3) is 1.48. The monoisotopic (exact) mass is 115 g/mol. The Morgan fingerprint density at radius 3 is 1.88 bits per heavy atom. The second kappa shape index (κ2) is 2.49. The van der Waals surface area contributed by atoms with Gasteiger partial charge in [0.05, 0.1) is 0 Å². The minimum absolute atomic E-state index is 0.763. The quantitative estimate of drug-likeness (QED) is 0.472. The predicted molar refractivity (Wildman–Crippen MR) is 35.9 cm³/mol. The van der Waals surface area contributed by atoms with E-state index in [2.05, 4.69) is 19.2 Å². The van der Waals surface area contributed by atoms with Crippen molar-refractivity contribution in [1.82, 2.24) is 5.32 Å². The summed E-state index contributed by atoms with van der Waals surface area (Å²) in [5, 5.41) is 3.48. The molecule has 0 unspecified atom stereocenters. The molecule has 8 heavy (non-hydrogen) atoms.